The highest BCUT2D eigenvalue weighted by molar-refractivity contribution is 7.98. The van der Waals surface area contributed by atoms with E-state index in [1.807, 2.05) is 6.26 Å². The van der Waals surface area contributed by atoms with Crippen molar-refractivity contribution in [1.29, 1.82) is 0 Å². The van der Waals surface area contributed by atoms with E-state index in [1.165, 1.54) is 18.0 Å². The Morgan fingerprint density at radius 3 is 3.08 bits per heavy atom. The molecule has 1 rings (SSSR count). The number of nitrogens with one attached hydrogen (secondary N) is 1. The minimum absolute atomic E-state index is 0.212. The summed E-state index contributed by atoms with van der Waals surface area (Å²) >= 11 is 6.73. The molecule has 0 unspecified atom stereocenters. The van der Waals surface area contributed by atoms with E-state index in [0.29, 0.717) is 10.7 Å². The van der Waals surface area contributed by atoms with Crippen LogP contribution in [0.15, 0.2) is 16.1 Å². The van der Waals surface area contributed by atoms with Gasteiger partial charge in [0.2, 0.25) is 0 Å². The molecule has 68 valence electrons. The van der Waals surface area contributed by atoms with Gasteiger partial charge < -0.3 is 4.98 Å². The fourth-order valence-electron chi connectivity index (χ4n) is 0.700. The lowest BCUT2D eigenvalue weighted by molar-refractivity contribution is 0.933. The number of halogens is 1. The van der Waals surface area contributed by atoms with Gasteiger partial charge in [0.1, 0.15) is 5.56 Å². The molecule has 1 heterocycles. The molecule has 0 radical (unpaired) electrons. The molecule has 3 nitrogen and oxygen atoms in total. The van der Waals surface area contributed by atoms with Crippen molar-refractivity contribution in [1.82, 2.24) is 9.97 Å². The molecule has 0 amide bonds. The number of rotatable bonds is 1. The molecule has 0 spiro atoms. The Kier molecular flexibility index (Phi) is 3.87. The summed E-state index contributed by atoms with van der Waals surface area (Å²) in [6.45, 7) is 0. The van der Waals surface area contributed by atoms with Crippen molar-refractivity contribution in [3.63, 3.8) is 0 Å². The van der Waals surface area contributed by atoms with Crippen LogP contribution < -0.4 is 5.56 Å². The van der Waals surface area contributed by atoms with Crippen molar-refractivity contribution in [2.75, 3.05) is 12.1 Å². The van der Waals surface area contributed by atoms with E-state index in [-0.39, 0.29) is 11.4 Å². The minimum Gasteiger partial charge on any atom is -0.300 e. The van der Waals surface area contributed by atoms with E-state index < -0.39 is 0 Å². The topological polar surface area (TPSA) is 45.8 Å². The van der Waals surface area contributed by atoms with Crippen LogP contribution in [0.2, 0.25) is 0 Å². The minimum atomic E-state index is -0.225. The summed E-state index contributed by atoms with van der Waals surface area (Å²) < 4.78 is 0. The van der Waals surface area contributed by atoms with Crippen molar-refractivity contribution in [3.8, 4) is 11.8 Å². The maximum atomic E-state index is 11.3. The van der Waals surface area contributed by atoms with Crippen LogP contribution in [0, 0.1) is 11.8 Å². The van der Waals surface area contributed by atoms with Crippen LogP contribution >= 0.6 is 23.4 Å². The normalized spacial score (nSPS) is 9.08. The fourth-order valence-corrected chi connectivity index (χ4v) is 1.12. The highest BCUT2D eigenvalue weighted by Gasteiger charge is 1.97. The van der Waals surface area contributed by atoms with Gasteiger partial charge in [-0.15, -0.1) is 11.6 Å². The molecule has 0 saturated carbocycles. The van der Waals surface area contributed by atoms with Crippen LogP contribution in [0.25, 0.3) is 0 Å². The van der Waals surface area contributed by atoms with Gasteiger partial charge in [0.05, 0.1) is 12.1 Å². The van der Waals surface area contributed by atoms with Crippen LogP contribution in [-0.2, 0) is 0 Å². The number of hydrogen-bond acceptors (Lipinski definition) is 3. The first-order valence-corrected chi connectivity index (χ1v) is 5.22. The van der Waals surface area contributed by atoms with Crippen LogP contribution in [0.3, 0.4) is 0 Å². The summed E-state index contributed by atoms with van der Waals surface area (Å²) in [4.78, 5) is 17.8. The predicted octanol–water partition coefficient (Wildman–Crippen LogP) is 1.08. The molecule has 0 atom stereocenters. The summed E-state index contributed by atoms with van der Waals surface area (Å²) in [6.07, 6.45) is 3.28. The van der Waals surface area contributed by atoms with Crippen LogP contribution in [0.4, 0.5) is 0 Å². The Morgan fingerprint density at radius 2 is 2.54 bits per heavy atom. The maximum absolute atomic E-state index is 11.3. The molecule has 0 bridgehead atoms. The zero-order valence-electron chi connectivity index (χ0n) is 6.93. The third-order valence-electron chi connectivity index (χ3n) is 1.26. The van der Waals surface area contributed by atoms with Gasteiger partial charge in [0.25, 0.3) is 5.56 Å². The van der Waals surface area contributed by atoms with Crippen LogP contribution in [0.5, 0.6) is 0 Å². The lowest BCUT2D eigenvalue weighted by Crippen LogP contribution is -2.11. The monoisotopic (exact) mass is 214 g/mol. The van der Waals surface area contributed by atoms with Gasteiger partial charge in [-0.3, -0.25) is 4.79 Å². The van der Waals surface area contributed by atoms with Gasteiger partial charge in [0, 0.05) is 0 Å². The molecule has 1 aromatic heterocycles. The molecule has 13 heavy (non-hydrogen) atoms. The van der Waals surface area contributed by atoms with Crippen molar-refractivity contribution < 1.29 is 0 Å². The molecule has 0 aliphatic rings. The predicted molar refractivity (Wildman–Crippen MR) is 54.2 cm³/mol. The first-order valence-electron chi connectivity index (χ1n) is 3.46. The Morgan fingerprint density at radius 1 is 1.77 bits per heavy atom. The zero-order chi connectivity index (χ0) is 9.68. The molecule has 5 heteroatoms. The second-order valence-corrected chi connectivity index (χ2v) is 3.13. The second-order valence-electron chi connectivity index (χ2n) is 2.07. The number of H-pyrrole nitrogens is 1. The molecule has 0 aliphatic heterocycles. The highest BCUT2D eigenvalue weighted by Crippen LogP contribution is 2.03. The molecule has 0 fully saturated rings. The highest BCUT2D eigenvalue weighted by atomic mass is 35.5. The number of hydrogen-bond donors (Lipinski definition) is 1. The van der Waals surface area contributed by atoms with Crippen molar-refractivity contribution >= 4 is 23.4 Å². The average molecular weight is 215 g/mol. The van der Waals surface area contributed by atoms with E-state index >= 15 is 0 Å². The summed E-state index contributed by atoms with van der Waals surface area (Å²) in [6, 6.07) is 0. The van der Waals surface area contributed by atoms with E-state index in [1.54, 1.807) is 0 Å². The summed E-state index contributed by atoms with van der Waals surface area (Å²) in [7, 11) is 0. The third-order valence-corrected chi connectivity index (χ3v) is 1.99. The Balaban J connectivity index is 3.06. The molecular formula is C8H7ClN2OS. The first kappa shape index (κ1) is 10.2. The molecule has 1 N–H and O–H groups in total. The molecule has 0 saturated heterocycles. The van der Waals surface area contributed by atoms with Gasteiger partial charge in [0.15, 0.2) is 5.16 Å². The molecular weight excluding hydrogens is 208 g/mol. The van der Waals surface area contributed by atoms with Gasteiger partial charge in [-0.2, -0.15) is 0 Å². The van der Waals surface area contributed by atoms with Crippen LogP contribution in [-0.4, -0.2) is 22.1 Å². The smallest absolute Gasteiger partial charge is 0.267 e. The Hall–Kier alpha value is -0.920. The van der Waals surface area contributed by atoms with Gasteiger partial charge in [-0.05, 0) is 6.26 Å². The Labute approximate surface area is 84.9 Å². The van der Waals surface area contributed by atoms with Gasteiger partial charge in [-0.1, -0.05) is 23.6 Å². The molecule has 1 aromatic rings. The zero-order valence-corrected chi connectivity index (χ0v) is 8.50. The van der Waals surface area contributed by atoms with Crippen LogP contribution in [0.1, 0.15) is 5.56 Å². The summed E-state index contributed by atoms with van der Waals surface area (Å²) in [5.74, 6) is 5.42. The first-order chi connectivity index (χ1) is 6.27. The second kappa shape index (κ2) is 4.95. The quantitative estimate of drug-likeness (QED) is 0.329. The third kappa shape index (κ3) is 2.79. The van der Waals surface area contributed by atoms with E-state index in [4.69, 9.17) is 11.6 Å². The number of aromatic nitrogens is 2. The lowest BCUT2D eigenvalue weighted by Gasteiger charge is -1.93. The maximum Gasteiger partial charge on any atom is 0.267 e. The van der Waals surface area contributed by atoms with Crippen molar-refractivity contribution in [2.24, 2.45) is 0 Å². The average Bonchev–Trinajstić information content (AvgIpc) is 2.16. The van der Waals surface area contributed by atoms with Gasteiger partial charge in [-0.25, -0.2) is 4.98 Å². The fraction of sp³-hybridized carbons (Fsp3) is 0.250. The Bertz CT molecular complexity index is 405. The van der Waals surface area contributed by atoms with Gasteiger partial charge >= 0.3 is 0 Å². The molecule has 0 aromatic carbocycles. The van der Waals surface area contributed by atoms with Crippen molar-refractivity contribution in [3.05, 3.63) is 22.1 Å². The number of aromatic amines is 1. The molecule has 0 aliphatic carbocycles. The number of thioether (sulfide) groups is 1. The number of nitrogens with zero attached hydrogens (tertiary/aromatic N) is 1. The lowest BCUT2D eigenvalue weighted by atomic mass is 10.3. The van der Waals surface area contributed by atoms with E-state index in [0.717, 1.165) is 0 Å². The van der Waals surface area contributed by atoms with E-state index in [9.17, 15) is 4.79 Å². The largest absolute Gasteiger partial charge is 0.300 e. The standard InChI is InChI=1S/C8H7ClN2OS/c1-13-8-10-5-6(3-2-4-9)7(12)11-8/h5H,4H2,1H3,(H,10,11,12). The van der Waals surface area contributed by atoms with Crippen molar-refractivity contribution in [2.45, 2.75) is 5.16 Å². The summed E-state index contributed by atoms with van der Waals surface area (Å²) in [5.41, 5.74) is 0.121. The number of alkyl halides is 1. The van der Waals surface area contributed by atoms with E-state index in [2.05, 4.69) is 21.8 Å². The SMILES string of the molecule is CSc1ncc(C#CCCl)c(=O)[nH]1. The summed E-state index contributed by atoms with van der Waals surface area (Å²) in [5, 5.41) is 0.585.